The van der Waals surface area contributed by atoms with E-state index in [1.54, 1.807) is 43.9 Å². The van der Waals surface area contributed by atoms with Crippen LogP contribution in [-0.4, -0.2) is 117 Å². The zero-order chi connectivity index (χ0) is 49.9. The maximum atomic E-state index is 14.2. The Morgan fingerprint density at radius 1 is 0.592 bits per heavy atom. The molecule has 0 spiro atoms. The third kappa shape index (κ3) is 10.3. The van der Waals surface area contributed by atoms with E-state index in [1.807, 2.05) is 34.9 Å². The summed E-state index contributed by atoms with van der Waals surface area (Å²) in [7, 11) is 0. The maximum Gasteiger partial charge on any atom is 0.264 e. The van der Waals surface area contributed by atoms with Crippen LogP contribution in [0.1, 0.15) is 108 Å². The van der Waals surface area contributed by atoms with E-state index in [4.69, 9.17) is 0 Å². The molecule has 19 heteroatoms. The molecule has 16 nitrogen and oxygen atoms in total. The van der Waals surface area contributed by atoms with Crippen LogP contribution in [0.3, 0.4) is 0 Å². The molecule has 10 rings (SSSR count). The SMILES string of the molecule is Cc1c(C(=O)N2CCN(c3ccccc3)CC2)sc2ncn(C(C)C(=O)NC3CCCC3)c(=O)c12.Cc1c(C(=O)N2CCN(c3ccccc3F)CC2)sc2ncn(C(C)C(=O)NC3CCCC3)c(=O)c12. The Hall–Kier alpha value is -6.47. The lowest BCUT2D eigenvalue weighted by atomic mass is 10.1. The first-order valence-corrected chi connectivity index (χ1v) is 26.4. The first-order valence-electron chi connectivity index (χ1n) is 24.8. The van der Waals surface area contributed by atoms with Gasteiger partial charge >= 0.3 is 0 Å². The number of amides is 4. The summed E-state index contributed by atoms with van der Waals surface area (Å²) < 4.78 is 16.9. The highest BCUT2D eigenvalue weighted by Gasteiger charge is 2.31. The van der Waals surface area contributed by atoms with Crippen LogP contribution in [-0.2, 0) is 9.59 Å². The van der Waals surface area contributed by atoms with Gasteiger partial charge < -0.3 is 30.2 Å². The number of para-hydroxylation sites is 2. The Bertz CT molecular complexity index is 3050. The first-order chi connectivity index (χ1) is 34.3. The van der Waals surface area contributed by atoms with Gasteiger partial charge in [0.1, 0.15) is 27.6 Å². The molecule has 0 bridgehead atoms. The molecule has 2 aromatic carbocycles. The highest BCUT2D eigenvalue weighted by Crippen LogP contribution is 2.31. The van der Waals surface area contributed by atoms with Crippen LogP contribution in [0.5, 0.6) is 0 Å². The minimum absolute atomic E-state index is 0.0591. The van der Waals surface area contributed by atoms with Crippen LogP contribution in [0.4, 0.5) is 15.8 Å². The van der Waals surface area contributed by atoms with Crippen LogP contribution in [0.15, 0.2) is 76.8 Å². The molecular weight excluding hydrogens is 944 g/mol. The molecule has 4 amide bonds. The molecule has 2 saturated heterocycles. The second-order valence-electron chi connectivity index (χ2n) is 19.1. The molecule has 4 aromatic heterocycles. The average Bonchev–Trinajstić information content (AvgIpc) is 4.23. The minimum atomic E-state index is -0.695. The van der Waals surface area contributed by atoms with Crippen molar-refractivity contribution in [1.29, 1.82) is 0 Å². The largest absolute Gasteiger partial charge is 0.368 e. The van der Waals surface area contributed by atoms with E-state index in [9.17, 15) is 33.2 Å². The number of aryl methyl sites for hydroxylation is 2. The lowest BCUT2D eigenvalue weighted by Gasteiger charge is -2.36. The summed E-state index contributed by atoms with van der Waals surface area (Å²) in [5.74, 6) is -0.841. The van der Waals surface area contributed by atoms with E-state index in [2.05, 4.69) is 37.6 Å². The predicted molar refractivity (Wildman–Crippen MR) is 277 cm³/mol. The van der Waals surface area contributed by atoms with Gasteiger partial charge in [-0.3, -0.25) is 37.9 Å². The quantitative estimate of drug-likeness (QED) is 0.148. The Morgan fingerprint density at radius 2 is 1.00 bits per heavy atom. The van der Waals surface area contributed by atoms with Crippen molar-refractivity contribution in [2.75, 3.05) is 62.2 Å². The molecule has 6 aromatic rings. The topological polar surface area (TPSA) is 175 Å². The van der Waals surface area contributed by atoms with Crippen molar-refractivity contribution in [2.45, 2.75) is 103 Å². The normalized spacial score (nSPS) is 17.6. The summed E-state index contributed by atoms with van der Waals surface area (Å²) in [4.78, 5) is 97.8. The minimum Gasteiger partial charge on any atom is -0.368 e. The number of carbonyl (C=O) groups excluding carboxylic acids is 4. The fraction of sp³-hybridized carbons (Fsp3) is 0.462. The Kier molecular flexibility index (Phi) is 15.0. The number of anilines is 2. The summed E-state index contributed by atoms with van der Waals surface area (Å²) in [6.45, 7) is 11.7. The number of nitrogens with zero attached hydrogens (tertiary/aromatic N) is 8. The number of fused-ring (bicyclic) bond motifs is 2. The number of hydrogen-bond donors (Lipinski definition) is 2. The van der Waals surface area contributed by atoms with E-state index in [-0.39, 0.29) is 52.6 Å². The summed E-state index contributed by atoms with van der Waals surface area (Å²) >= 11 is 2.47. The number of hydrogen-bond acceptors (Lipinski definition) is 12. The van der Waals surface area contributed by atoms with Crippen molar-refractivity contribution < 1.29 is 23.6 Å². The highest BCUT2D eigenvalue weighted by molar-refractivity contribution is 7.21. The standard InChI is InChI=1S/C26H30FN5O3S.C26H31N5O3S/c1-16-21-24(28-15-32(25(21)34)17(2)23(33)29-18-7-3-4-8-18)36-22(16)26(35)31-13-11-30(12-14-31)20-10-6-5-9-19(20)27;1-17-21-24(27-16-31(25(21)33)18(2)23(32)28-19-8-6-7-9-19)35-22(17)26(34)30-14-12-29(13-15-30)20-10-4-3-5-11-20/h5-6,9-10,15,17-18H,3-4,7-8,11-14H2,1-2H3,(H,29,33);3-5,10-11,16,18-19H,6-9,12-15H2,1-2H3,(H,28,32). The number of benzene rings is 2. The molecule has 2 aliphatic heterocycles. The van der Waals surface area contributed by atoms with E-state index >= 15 is 0 Å². The highest BCUT2D eigenvalue weighted by atomic mass is 32.1. The molecule has 6 heterocycles. The Morgan fingerprint density at radius 3 is 1.44 bits per heavy atom. The second kappa shape index (κ2) is 21.5. The van der Waals surface area contributed by atoms with Crippen molar-refractivity contribution >= 4 is 78.1 Å². The number of halogens is 1. The van der Waals surface area contributed by atoms with Crippen LogP contribution >= 0.6 is 22.7 Å². The molecule has 2 atom stereocenters. The maximum absolute atomic E-state index is 14.2. The van der Waals surface area contributed by atoms with Crippen molar-refractivity contribution in [3.63, 3.8) is 0 Å². The molecule has 2 saturated carbocycles. The van der Waals surface area contributed by atoms with Gasteiger partial charge in [-0.25, -0.2) is 14.4 Å². The average molecular weight is 1010 g/mol. The third-order valence-corrected chi connectivity index (χ3v) is 17.0. The third-order valence-electron chi connectivity index (χ3n) is 14.6. The molecule has 71 heavy (non-hydrogen) atoms. The van der Waals surface area contributed by atoms with Gasteiger partial charge in [0.05, 0.1) is 38.9 Å². The van der Waals surface area contributed by atoms with Crippen molar-refractivity contribution in [3.05, 3.63) is 115 Å². The van der Waals surface area contributed by atoms with Gasteiger partial charge in [-0.2, -0.15) is 0 Å². The van der Waals surface area contributed by atoms with Crippen LogP contribution in [0.25, 0.3) is 20.4 Å². The van der Waals surface area contributed by atoms with Gasteiger partial charge in [-0.05, 0) is 88.8 Å². The van der Waals surface area contributed by atoms with Gasteiger partial charge in [-0.1, -0.05) is 56.0 Å². The van der Waals surface area contributed by atoms with Gasteiger partial charge in [0.15, 0.2) is 0 Å². The van der Waals surface area contributed by atoms with Gasteiger partial charge in [0, 0.05) is 70.1 Å². The zero-order valence-electron chi connectivity index (χ0n) is 40.7. The van der Waals surface area contributed by atoms with E-state index < -0.39 is 12.1 Å². The number of piperazine rings is 2. The fourth-order valence-electron chi connectivity index (χ4n) is 10.2. The number of carbonyl (C=O) groups is 4. The van der Waals surface area contributed by atoms with E-state index in [1.165, 1.54) is 50.5 Å². The van der Waals surface area contributed by atoms with E-state index in [0.717, 1.165) is 70.1 Å². The van der Waals surface area contributed by atoms with E-state index in [0.29, 0.717) is 86.3 Å². The number of aromatic nitrogens is 4. The molecule has 4 aliphatic rings. The fourth-order valence-corrected chi connectivity index (χ4v) is 12.4. The lowest BCUT2D eigenvalue weighted by molar-refractivity contribution is -0.125. The molecule has 374 valence electrons. The second-order valence-corrected chi connectivity index (χ2v) is 21.1. The lowest BCUT2D eigenvalue weighted by Crippen LogP contribution is -2.49. The smallest absolute Gasteiger partial charge is 0.264 e. The molecule has 4 fully saturated rings. The molecule has 0 radical (unpaired) electrons. The molecule has 2 aliphatic carbocycles. The van der Waals surface area contributed by atoms with Crippen LogP contribution in [0, 0.1) is 19.7 Å². The van der Waals surface area contributed by atoms with Gasteiger partial charge in [-0.15, -0.1) is 22.7 Å². The number of nitrogens with one attached hydrogen (secondary N) is 2. The van der Waals surface area contributed by atoms with Crippen molar-refractivity contribution in [1.82, 2.24) is 39.5 Å². The molecule has 2 unspecified atom stereocenters. The number of thiophene rings is 2. The van der Waals surface area contributed by atoms with Crippen molar-refractivity contribution in [3.8, 4) is 0 Å². The summed E-state index contributed by atoms with van der Waals surface area (Å²) in [5, 5.41) is 6.92. The van der Waals surface area contributed by atoms with Crippen LogP contribution < -0.4 is 31.6 Å². The summed E-state index contributed by atoms with van der Waals surface area (Å²) in [6, 6.07) is 15.8. The number of rotatable bonds is 10. The predicted octanol–water partition coefficient (Wildman–Crippen LogP) is 6.84. The monoisotopic (exact) mass is 1000 g/mol. The summed E-state index contributed by atoms with van der Waals surface area (Å²) in [6.07, 6.45) is 11.2. The molecule has 2 N–H and O–H groups in total. The van der Waals surface area contributed by atoms with Gasteiger partial charge in [0.2, 0.25) is 11.8 Å². The Balaban J connectivity index is 0.000000176. The zero-order valence-corrected chi connectivity index (χ0v) is 42.3. The molecular formula is C52H61FN10O6S2. The van der Waals surface area contributed by atoms with Crippen molar-refractivity contribution in [2.24, 2.45) is 0 Å². The summed E-state index contributed by atoms with van der Waals surface area (Å²) in [5.41, 5.74) is 2.35. The first kappa shape index (κ1) is 49.5. The van der Waals surface area contributed by atoms with Crippen LogP contribution in [0.2, 0.25) is 0 Å². The van der Waals surface area contributed by atoms with Gasteiger partial charge in [0.25, 0.3) is 22.9 Å². The Labute approximate surface area is 419 Å².